The van der Waals surface area contributed by atoms with Gasteiger partial charge < -0.3 is 4.90 Å². The Hall–Kier alpha value is -8.30. The largest absolute Gasteiger partial charge is 0.310 e. The van der Waals surface area contributed by atoms with Gasteiger partial charge in [-0.1, -0.05) is 200 Å². The molecule has 0 saturated carbocycles. The van der Waals surface area contributed by atoms with Crippen LogP contribution in [0.25, 0.3) is 108 Å². The predicted octanol–water partition coefficient (Wildman–Crippen LogP) is 18.8. The summed E-state index contributed by atoms with van der Waals surface area (Å²) in [4.78, 5) is 2.42. The van der Waals surface area contributed by atoms with Crippen LogP contribution in [0.4, 0.5) is 17.1 Å². The average molecular weight is 856 g/mol. The molecule has 308 valence electrons. The van der Waals surface area contributed by atoms with Crippen LogP contribution < -0.4 is 4.90 Å². The van der Waals surface area contributed by atoms with Crippen molar-refractivity contribution in [2.24, 2.45) is 0 Å². The Morgan fingerprint density at radius 1 is 0.242 bits per heavy atom. The number of anilines is 3. The Morgan fingerprint density at radius 2 is 0.758 bits per heavy atom. The van der Waals surface area contributed by atoms with Gasteiger partial charge in [0, 0.05) is 37.2 Å². The van der Waals surface area contributed by atoms with E-state index in [-0.39, 0.29) is 0 Å². The van der Waals surface area contributed by atoms with E-state index < -0.39 is 0 Å². The number of nitrogens with zero attached hydrogens (tertiary/aromatic N) is 1. The van der Waals surface area contributed by atoms with Gasteiger partial charge in [-0.3, -0.25) is 0 Å². The van der Waals surface area contributed by atoms with Crippen molar-refractivity contribution in [3.8, 4) is 44.5 Å². The summed E-state index contributed by atoms with van der Waals surface area (Å²) < 4.78 is 2.58. The third kappa shape index (κ3) is 6.37. The Balaban J connectivity index is 0.980. The monoisotopic (exact) mass is 855 g/mol. The maximum atomic E-state index is 2.42. The second kappa shape index (κ2) is 15.7. The first-order valence-corrected chi connectivity index (χ1v) is 23.5. The standard InChI is InChI=1S/C64H41NS/c1-3-16-44(17-4-1)63-59-25-10-9-23-54(59)56-37-32-47(40-60(56)64(63)45-18-5-2-6-19-45)46-20-13-21-49(39-46)65(50-35-38-58-57-24-11-12-28-61(57)66-62(58)41-50)48-33-29-43(30-34-48)52-26-14-27-53-51-22-8-7-15-42(51)31-36-55(52)53/h1-41H. The van der Waals surface area contributed by atoms with Crippen molar-refractivity contribution in [1.82, 2.24) is 0 Å². The summed E-state index contributed by atoms with van der Waals surface area (Å²) in [5.41, 5.74) is 13.0. The molecular weight excluding hydrogens is 815 g/mol. The van der Waals surface area contributed by atoms with Gasteiger partial charge in [-0.2, -0.15) is 0 Å². The summed E-state index contributed by atoms with van der Waals surface area (Å²) in [5, 5.41) is 12.7. The van der Waals surface area contributed by atoms with E-state index in [1.807, 2.05) is 11.3 Å². The highest BCUT2D eigenvalue weighted by atomic mass is 32.1. The van der Waals surface area contributed by atoms with Gasteiger partial charge in [0.2, 0.25) is 0 Å². The van der Waals surface area contributed by atoms with E-state index in [0.717, 1.165) is 22.6 Å². The second-order valence-electron chi connectivity index (χ2n) is 17.2. The van der Waals surface area contributed by atoms with Crippen LogP contribution in [0.5, 0.6) is 0 Å². The maximum absolute atomic E-state index is 2.42. The lowest BCUT2D eigenvalue weighted by Crippen LogP contribution is -2.10. The minimum Gasteiger partial charge on any atom is -0.310 e. The lowest BCUT2D eigenvalue weighted by Gasteiger charge is -2.26. The molecule has 1 heterocycles. The molecule has 0 aliphatic carbocycles. The molecule has 12 aromatic carbocycles. The fourth-order valence-corrected chi connectivity index (χ4v) is 11.5. The minimum absolute atomic E-state index is 1.10. The Morgan fingerprint density at radius 3 is 1.56 bits per heavy atom. The van der Waals surface area contributed by atoms with E-state index in [9.17, 15) is 0 Å². The summed E-state index contributed by atoms with van der Waals surface area (Å²) in [5.74, 6) is 0. The van der Waals surface area contributed by atoms with Crippen molar-refractivity contribution in [1.29, 1.82) is 0 Å². The van der Waals surface area contributed by atoms with Crippen LogP contribution in [-0.2, 0) is 0 Å². The molecule has 0 amide bonds. The summed E-state index contributed by atoms with van der Waals surface area (Å²) >= 11 is 1.86. The van der Waals surface area contributed by atoms with E-state index in [1.54, 1.807) is 0 Å². The molecule has 0 aliphatic heterocycles. The van der Waals surface area contributed by atoms with Crippen LogP contribution in [0, 0.1) is 0 Å². The first kappa shape index (κ1) is 38.2. The molecule has 0 fully saturated rings. The fourth-order valence-electron chi connectivity index (χ4n) is 10.4. The number of hydrogen-bond donors (Lipinski definition) is 0. The normalized spacial score (nSPS) is 11.6. The molecule has 13 rings (SSSR count). The van der Waals surface area contributed by atoms with Gasteiger partial charge in [0.25, 0.3) is 0 Å². The van der Waals surface area contributed by atoms with Gasteiger partial charge in [-0.05, 0) is 136 Å². The molecule has 0 saturated heterocycles. The van der Waals surface area contributed by atoms with Gasteiger partial charge in [0.15, 0.2) is 0 Å². The Kier molecular flexibility index (Phi) is 9.11. The third-order valence-corrected chi connectivity index (χ3v) is 14.6. The number of hydrogen-bond acceptors (Lipinski definition) is 2. The van der Waals surface area contributed by atoms with E-state index >= 15 is 0 Å². The molecule has 0 unspecified atom stereocenters. The quantitative estimate of drug-likeness (QED) is 0.144. The maximum Gasteiger partial charge on any atom is 0.0476 e. The Labute approximate surface area is 387 Å². The predicted molar refractivity (Wildman–Crippen MR) is 286 cm³/mol. The van der Waals surface area contributed by atoms with Crippen molar-refractivity contribution in [3.63, 3.8) is 0 Å². The van der Waals surface area contributed by atoms with E-state index in [2.05, 4.69) is 254 Å². The van der Waals surface area contributed by atoms with E-state index in [0.29, 0.717) is 0 Å². The van der Waals surface area contributed by atoms with Crippen molar-refractivity contribution in [2.75, 3.05) is 4.90 Å². The summed E-state index contributed by atoms with van der Waals surface area (Å²) in [6.07, 6.45) is 0. The van der Waals surface area contributed by atoms with Crippen molar-refractivity contribution in [2.45, 2.75) is 0 Å². The molecular formula is C64H41NS. The minimum atomic E-state index is 1.10. The highest BCUT2D eigenvalue weighted by Crippen LogP contribution is 2.47. The van der Waals surface area contributed by atoms with E-state index in [4.69, 9.17) is 0 Å². The molecule has 0 spiro atoms. The highest BCUT2D eigenvalue weighted by Gasteiger charge is 2.20. The molecule has 0 atom stereocenters. The summed E-state index contributed by atoms with van der Waals surface area (Å²) in [7, 11) is 0. The molecule has 66 heavy (non-hydrogen) atoms. The van der Waals surface area contributed by atoms with Gasteiger partial charge in [-0.15, -0.1) is 11.3 Å². The van der Waals surface area contributed by atoms with Crippen molar-refractivity contribution in [3.05, 3.63) is 249 Å². The van der Waals surface area contributed by atoms with Crippen LogP contribution >= 0.6 is 11.3 Å². The zero-order valence-corrected chi connectivity index (χ0v) is 36.8. The summed E-state index contributed by atoms with van der Waals surface area (Å²) in [6, 6.07) is 91.6. The highest BCUT2D eigenvalue weighted by molar-refractivity contribution is 7.25. The Bertz CT molecular complexity index is 3980. The van der Waals surface area contributed by atoms with Crippen LogP contribution in [0.3, 0.4) is 0 Å². The topological polar surface area (TPSA) is 3.24 Å². The fraction of sp³-hybridized carbons (Fsp3) is 0. The van der Waals surface area contributed by atoms with Crippen LogP contribution in [0.2, 0.25) is 0 Å². The zero-order valence-electron chi connectivity index (χ0n) is 36.0. The van der Waals surface area contributed by atoms with Crippen molar-refractivity contribution >= 4 is 91.7 Å². The average Bonchev–Trinajstić information content (AvgIpc) is 3.77. The molecule has 1 nitrogen and oxygen atoms in total. The smallest absolute Gasteiger partial charge is 0.0476 e. The van der Waals surface area contributed by atoms with Crippen LogP contribution in [0.1, 0.15) is 0 Å². The molecule has 0 aliphatic rings. The molecule has 0 radical (unpaired) electrons. The number of benzene rings is 12. The molecule has 0 bridgehead atoms. The number of fused-ring (bicyclic) bond motifs is 9. The first-order chi connectivity index (χ1) is 32.7. The molecule has 0 N–H and O–H groups in total. The van der Waals surface area contributed by atoms with Crippen molar-refractivity contribution < 1.29 is 0 Å². The van der Waals surface area contributed by atoms with E-state index in [1.165, 1.54) is 102 Å². The molecule has 2 heteroatoms. The van der Waals surface area contributed by atoms with Gasteiger partial charge in [-0.25, -0.2) is 0 Å². The zero-order chi connectivity index (χ0) is 43.6. The molecule has 1 aromatic heterocycles. The molecule has 13 aromatic rings. The van der Waals surface area contributed by atoms with Crippen LogP contribution in [0.15, 0.2) is 249 Å². The number of rotatable bonds is 7. The van der Waals surface area contributed by atoms with Gasteiger partial charge in [0.1, 0.15) is 0 Å². The summed E-state index contributed by atoms with van der Waals surface area (Å²) in [6.45, 7) is 0. The SMILES string of the molecule is c1ccc(-c2c(-c3ccccc3)c3cc(-c4cccc(N(c5ccc(-c6cccc7c6ccc6ccccc67)cc5)c5ccc6c(c5)sc5ccccc56)c4)ccc3c3ccccc23)cc1. The van der Waals surface area contributed by atoms with Crippen LogP contribution in [-0.4, -0.2) is 0 Å². The number of thiophene rings is 1. The third-order valence-electron chi connectivity index (χ3n) is 13.4. The second-order valence-corrected chi connectivity index (χ2v) is 18.3. The van der Waals surface area contributed by atoms with Gasteiger partial charge in [0.05, 0.1) is 0 Å². The lowest BCUT2D eigenvalue weighted by molar-refractivity contribution is 1.29. The first-order valence-electron chi connectivity index (χ1n) is 22.7. The lowest BCUT2D eigenvalue weighted by atomic mass is 9.84. The van der Waals surface area contributed by atoms with Gasteiger partial charge >= 0.3 is 0 Å².